The van der Waals surface area contributed by atoms with Crippen LogP contribution in [0, 0.1) is 99.1 Å². The summed E-state index contributed by atoms with van der Waals surface area (Å²) in [5.41, 5.74) is 1.76. The van der Waals surface area contributed by atoms with Crippen molar-refractivity contribution in [1.29, 1.82) is 0 Å². The summed E-state index contributed by atoms with van der Waals surface area (Å²) < 4.78 is 0. The second kappa shape index (κ2) is 12.1. The van der Waals surface area contributed by atoms with Crippen LogP contribution in [-0.4, -0.2) is 0 Å². The van der Waals surface area contributed by atoms with Crippen molar-refractivity contribution < 1.29 is 0 Å². The van der Waals surface area contributed by atoms with Crippen LogP contribution in [0.3, 0.4) is 0 Å². The summed E-state index contributed by atoms with van der Waals surface area (Å²) >= 11 is 0. The van der Waals surface area contributed by atoms with Crippen molar-refractivity contribution in [3.8, 4) is 0 Å². The predicted molar refractivity (Wildman–Crippen MR) is 192 cm³/mol. The highest BCUT2D eigenvalue weighted by atomic mass is 14.7. The van der Waals surface area contributed by atoms with E-state index in [4.69, 9.17) is 0 Å². The molecule has 0 nitrogen and oxygen atoms in total. The maximum atomic E-state index is 2.76. The van der Waals surface area contributed by atoms with E-state index in [9.17, 15) is 0 Å². The highest BCUT2D eigenvalue weighted by Crippen LogP contribution is 2.77. The standard InChI is InChI=1S/C45H76/c1-7-43(5,8-2)32-26-33(44(6,9-3)10-4)28-45(27-32)38-23-20-30-16-12-14-18-35(30)41(38)42-39(45)24-21-31-25-37-34-17-13-11-15-29(34)19-22-36(37)40(31)42/h29-42H,7-28H2,1-6H3. The molecule has 0 N–H and O–H groups in total. The Kier molecular flexibility index (Phi) is 8.66. The van der Waals surface area contributed by atoms with E-state index in [-0.39, 0.29) is 0 Å². The molecule has 8 aliphatic carbocycles. The van der Waals surface area contributed by atoms with E-state index >= 15 is 0 Å². The first-order valence-electron chi connectivity index (χ1n) is 21.8. The molecule has 0 aromatic heterocycles. The third kappa shape index (κ3) is 4.81. The minimum atomic E-state index is 0.540. The van der Waals surface area contributed by atoms with Crippen LogP contribution in [0.25, 0.3) is 0 Å². The highest BCUT2D eigenvalue weighted by molar-refractivity contribution is 5.18. The lowest BCUT2D eigenvalue weighted by Crippen LogP contribution is -2.50. The van der Waals surface area contributed by atoms with Gasteiger partial charge in [-0.2, -0.15) is 0 Å². The van der Waals surface area contributed by atoms with Crippen LogP contribution in [0.4, 0.5) is 0 Å². The van der Waals surface area contributed by atoms with Crippen molar-refractivity contribution in [2.24, 2.45) is 99.1 Å². The molecule has 0 heteroatoms. The average molecular weight is 617 g/mol. The molecule has 0 aromatic carbocycles. The molecule has 0 amide bonds. The van der Waals surface area contributed by atoms with Crippen LogP contribution in [-0.2, 0) is 0 Å². The van der Waals surface area contributed by atoms with Crippen LogP contribution in [0.15, 0.2) is 0 Å². The first-order valence-corrected chi connectivity index (χ1v) is 21.8. The molecule has 8 aliphatic rings. The first-order chi connectivity index (χ1) is 21.8. The summed E-state index contributed by atoms with van der Waals surface area (Å²) in [6.45, 7) is 15.8. The summed E-state index contributed by atoms with van der Waals surface area (Å²) in [7, 11) is 0. The van der Waals surface area contributed by atoms with Crippen molar-refractivity contribution in [1.82, 2.24) is 0 Å². The van der Waals surface area contributed by atoms with Crippen molar-refractivity contribution in [2.45, 2.75) is 183 Å². The maximum Gasteiger partial charge on any atom is -0.0230 e. The molecular weight excluding hydrogens is 540 g/mol. The van der Waals surface area contributed by atoms with Crippen LogP contribution in [0.1, 0.15) is 183 Å². The molecule has 0 aromatic rings. The zero-order chi connectivity index (χ0) is 31.1. The van der Waals surface area contributed by atoms with Crippen molar-refractivity contribution in [2.75, 3.05) is 0 Å². The Balaban J connectivity index is 1.22. The Morgan fingerprint density at radius 2 is 0.956 bits per heavy atom. The predicted octanol–water partition coefficient (Wildman–Crippen LogP) is 13.4. The van der Waals surface area contributed by atoms with Crippen molar-refractivity contribution in [3.63, 3.8) is 0 Å². The Bertz CT molecular complexity index is 1000. The second-order valence-electron chi connectivity index (χ2n) is 20.4. The Morgan fingerprint density at radius 1 is 0.444 bits per heavy atom. The van der Waals surface area contributed by atoms with Crippen LogP contribution >= 0.6 is 0 Å². The lowest BCUT2D eigenvalue weighted by molar-refractivity contribution is -0.0910. The van der Waals surface area contributed by atoms with Crippen molar-refractivity contribution >= 4 is 0 Å². The fourth-order valence-electron chi connectivity index (χ4n) is 17.1. The molecule has 0 aliphatic heterocycles. The fourth-order valence-corrected chi connectivity index (χ4v) is 17.1. The zero-order valence-electron chi connectivity index (χ0n) is 31.1. The van der Waals surface area contributed by atoms with Gasteiger partial charge in [-0.3, -0.25) is 0 Å². The lowest BCUT2D eigenvalue weighted by atomic mass is 9.46. The number of fused-ring (bicyclic) bond motifs is 13. The fraction of sp³-hybridized carbons (Fsp3) is 1.00. The third-order valence-electron chi connectivity index (χ3n) is 20.0. The summed E-state index contributed by atoms with van der Waals surface area (Å²) in [6, 6.07) is 0. The zero-order valence-corrected chi connectivity index (χ0v) is 31.1. The van der Waals surface area contributed by atoms with E-state index in [2.05, 4.69) is 41.5 Å². The van der Waals surface area contributed by atoms with Gasteiger partial charge in [0, 0.05) is 0 Å². The molecule has 8 rings (SSSR count). The van der Waals surface area contributed by atoms with E-state index in [1.165, 1.54) is 25.7 Å². The number of hydrogen-bond acceptors (Lipinski definition) is 0. The second-order valence-corrected chi connectivity index (χ2v) is 20.4. The topological polar surface area (TPSA) is 0 Å². The van der Waals surface area contributed by atoms with Crippen molar-refractivity contribution in [3.05, 3.63) is 0 Å². The van der Waals surface area contributed by atoms with Crippen LogP contribution < -0.4 is 0 Å². The van der Waals surface area contributed by atoms with E-state index in [0.717, 1.165) is 82.9 Å². The van der Waals surface area contributed by atoms with Gasteiger partial charge in [-0.1, -0.05) is 106 Å². The number of hydrogen-bond donors (Lipinski definition) is 0. The SMILES string of the molecule is CCC(C)(CC)C1CC(C(C)(CC)CC)CC2(C1)C1CCC3CCCCC3C1C1C3C(CCC12)CC1C2CCCCC2CCC13. The van der Waals surface area contributed by atoms with Crippen LogP contribution in [0.5, 0.6) is 0 Å². The molecule has 0 radical (unpaired) electrons. The van der Waals surface area contributed by atoms with Gasteiger partial charge >= 0.3 is 0 Å². The molecule has 0 heterocycles. The van der Waals surface area contributed by atoms with Gasteiger partial charge in [0.05, 0.1) is 0 Å². The van der Waals surface area contributed by atoms with E-state index in [0.29, 0.717) is 16.2 Å². The van der Waals surface area contributed by atoms with Gasteiger partial charge < -0.3 is 0 Å². The largest absolute Gasteiger partial charge is 0.0649 e. The molecule has 8 fully saturated rings. The molecule has 14 unspecified atom stereocenters. The first kappa shape index (κ1) is 32.2. The van der Waals surface area contributed by atoms with Gasteiger partial charge in [-0.05, 0) is 176 Å². The molecule has 0 bridgehead atoms. The van der Waals surface area contributed by atoms with E-state index in [1.807, 2.05) is 0 Å². The number of rotatable bonds is 6. The summed E-state index contributed by atoms with van der Waals surface area (Å²) in [6.07, 6.45) is 34.6. The van der Waals surface area contributed by atoms with Gasteiger partial charge in [-0.15, -0.1) is 0 Å². The quantitative estimate of drug-likeness (QED) is 0.278. The van der Waals surface area contributed by atoms with Gasteiger partial charge in [0.15, 0.2) is 0 Å². The van der Waals surface area contributed by atoms with Gasteiger partial charge in [0.25, 0.3) is 0 Å². The maximum absolute atomic E-state index is 2.76. The van der Waals surface area contributed by atoms with E-state index < -0.39 is 0 Å². The molecule has 14 atom stereocenters. The van der Waals surface area contributed by atoms with Crippen LogP contribution in [0.2, 0.25) is 0 Å². The van der Waals surface area contributed by atoms with E-state index in [1.54, 1.807) is 116 Å². The van der Waals surface area contributed by atoms with Gasteiger partial charge in [0.2, 0.25) is 0 Å². The average Bonchev–Trinajstić information content (AvgIpc) is 3.61. The summed E-state index contributed by atoms with van der Waals surface area (Å²) in [5.74, 6) is 15.3. The minimum Gasteiger partial charge on any atom is -0.0649 e. The molecule has 256 valence electrons. The third-order valence-corrected chi connectivity index (χ3v) is 20.0. The minimum absolute atomic E-state index is 0.540. The molecule has 8 saturated carbocycles. The normalized spacial score (nSPS) is 51.1. The Morgan fingerprint density at radius 3 is 1.58 bits per heavy atom. The Labute approximate surface area is 281 Å². The summed E-state index contributed by atoms with van der Waals surface area (Å²) in [5, 5.41) is 0. The monoisotopic (exact) mass is 617 g/mol. The highest BCUT2D eigenvalue weighted by Gasteiger charge is 2.70. The summed E-state index contributed by atoms with van der Waals surface area (Å²) in [4.78, 5) is 0. The Hall–Kier alpha value is 0. The molecule has 45 heavy (non-hydrogen) atoms. The molecular formula is C45H76. The smallest absolute Gasteiger partial charge is 0.0230 e. The lowest BCUT2D eigenvalue weighted by Gasteiger charge is -2.58. The van der Waals surface area contributed by atoms with Gasteiger partial charge in [-0.25, -0.2) is 0 Å². The van der Waals surface area contributed by atoms with Gasteiger partial charge in [0.1, 0.15) is 0 Å². The molecule has 0 saturated heterocycles. The molecule has 1 spiro atoms.